The Morgan fingerprint density at radius 1 is 1.08 bits per heavy atom. The first-order chi connectivity index (χ1) is 12.4. The predicted octanol–water partition coefficient (Wildman–Crippen LogP) is 8.02. The van der Waals surface area contributed by atoms with Crippen LogP contribution >= 0.6 is 17.0 Å². The molecule has 137 valence electrons. The van der Waals surface area contributed by atoms with Gasteiger partial charge in [-0.1, -0.05) is 0 Å². The Morgan fingerprint density at radius 2 is 1.81 bits per heavy atom. The van der Waals surface area contributed by atoms with E-state index in [1.54, 1.807) is 0 Å². The molecular weight excluding hydrogens is 438 g/mol. The number of rotatable bonds is 6. The van der Waals surface area contributed by atoms with Crippen molar-refractivity contribution in [2.24, 2.45) is 5.92 Å². The molecule has 0 fully saturated rings. The Labute approximate surface area is 173 Å². The zero-order valence-corrected chi connectivity index (χ0v) is 20.0. The molecule has 2 aromatic carbocycles. The van der Waals surface area contributed by atoms with Crippen LogP contribution in [-0.2, 0) is 25.8 Å². The van der Waals surface area contributed by atoms with Crippen molar-refractivity contribution >= 4 is 23.1 Å². The number of benzene rings is 2. The fourth-order valence-corrected chi connectivity index (χ4v) is 9.54. The van der Waals surface area contributed by atoms with Crippen LogP contribution in [0.5, 0.6) is 0 Å². The number of fused-ring (bicyclic) bond motifs is 1. The molecule has 1 atom stereocenters. The minimum absolute atomic E-state index is 0.302. The van der Waals surface area contributed by atoms with Crippen molar-refractivity contribution in [3.05, 3.63) is 64.2 Å². The first kappa shape index (κ1) is 20.4. The van der Waals surface area contributed by atoms with Crippen LogP contribution in [0.3, 0.4) is 0 Å². The second-order valence-corrected chi connectivity index (χ2v) is 16.5. The third-order valence-electron chi connectivity index (χ3n) is 5.17. The first-order valence-electron chi connectivity index (χ1n) is 9.54. The molecule has 1 aliphatic rings. The van der Waals surface area contributed by atoms with Gasteiger partial charge < -0.3 is 0 Å². The Kier molecular flexibility index (Phi) is 6.87. The van der Waals surface area contributed by atoms with E-state index in [0.29, 0.717) is 9.54 Å². The van der Waals surface area contributed by atoms with Gasteiger partial charge in [0, 0.05) is 0 Å². The maximum absolute atomic E-state index is 6.64. The minimum atomic E-state index is -2.46. The Hall–Kier alpha value is -0.357. The zero-order chi connectivity index (χ0) is 18.8. The van der Waals surface area contributed by atoms with Crippen LogP contribution in [-0.4, -0.2) is 0 Å². The fourth-order valence-electron chi connectivity index (χ4n) is 4.11. The van der Waals surface area contributed by atoms with E-state index in [4.69, 9.17) is 17.0 Å². The summed E-state index contributed by atoms with van der Waals surface area (Å²) in [6.07, 6.45) is 5.75. The summed E-state index contributed by atoms with van der Waals surface area (Å²) in [4.78, 5) is 0. The quantitative estimate of drug-likeness (QED) is 0.405. The topological polar surface area (TPSA) is 0 Å². The maximum atomic E-state index is 6.64. The molecule has 0 saturated carbocycles. The fraction of sp³-hybridized carbons (Fsp3) is 0.391. The standard InChI is InChI=1S/C23H27.2ClH.Zr/c1-5-8-19-11-12-20-14-18(13-16(2)3)15-22(20)23(19)21-10-7-6-9-17(21)4;;;/h6-7,9-12,14-16H,5,8,13H2,1-4H3;2*1H;/q;;;+2/p-2. The van der Waals surface area contributed by atoms with Crippen molar-refractivity contribution in [2.75, 3.05) is 0 Å². The molecule has 1 unspecified atom stereocenters. The van der Waals surface area contributed by atoms with E-state index >= 15 is 0 Å². The van der Waals surface area contributed by atoms with Gasteiger partial charge in [0.05, 0.1) is 0 Å². The van der Waals surface area contributed by atoms with Gasteiger partial charge in [0.1, 0.15) is 0 Å². The van der Waals surface area contributed by atoms with E-state index in [-0.39, 0.29) is 0 Å². The monoisotopic (exact) mass is 463 g/mol. The van der Waals surface area contributed by atoms with Gasteiger partial charge in [0.25, 0.3) is 0 Å². The van der Waals surface area contributed by atoms with Crippen LogP contribution in [0.15, 0.2) is 42.0 Å². The second-order valence-electron chi connectivity index (χ2n) is 7.71. The third kappa shape index (κ3) is 4.06. The number of allylic oxidation sites excluding steroid dienone is 1. The summed E-state index contributed by atoms with van der Waals surface area (Å²) in [6.45, 7) is 9.01. The molecule has 0 heterocycles. The second kappa shape index (κ2) is 8.77. The van der Waals surface area contributed by atoms with E-state index in [9.17, 15) is 0 Å². The number of aryl methyl sites for hydroxylation is 2. The normalized spacial score (nSPS) is 16.0. The van der Waals surface area contributed by atoms with Crippen LogP contribution in [0, 0.1) is 12.8 Å². The molecule has 3 rings (SSSR count). The Balaban J connectivity index is 2.25. The summed E-state index contributed by atoms with van der Waals surface area (Å²) in [5.41, 5.74) is 9.74. The molecule has 3 heteroatoms. The van der Waals surface area contributed by atoms with Gasteiger partial charge in [-0.3, -0.25) is 0 Å². The molecule has 0 nitrogen and oxygen atoms in total. The molecule has 1 aliphatic carbocycles. The number of hydrogen-bond acceptors (Lipinski definition) is 0. The third-order valence-corrected chi connectivity index (χ3v) is 10.5. The summed E-state index contributed by atoms with van der Waals surface area (Å²) < 4.78 is 0.302. The first-order valence-corrected chi connectivity index (χ1v) is 17.3. The van der Waals surface area contributed by atoms with E-state index in [0.717, 1.165) is 19.3 Å². The number of hydrogen-bond donors (Lipinski definition) is 0. The molecule has 2 aromatic rings. The molecule has 0 amide bonds. The van der Waals surface area contributed by atoms with Gasteiger partial charge in [-0.05, 0) is 0 Å². The molecule has 0 aromatic heterocycles. The molecule has 0 radical (unpaired) electrons. The number of halogens is 2. The molecule has 0 bridgehead atoms. The van der Waals surface area contributed by atoms with Crippen molar-refractivity contribution in [2.45, 2.75) is 50.6 Å². The average Bonchev–Trinajstić information content (AvgIpc) is 2.93. The average molecular weight is 466 g/mol. The van der Waals surface area contributed by atoms with Crippen LogP contribution in [0.25, 0.3) is 17.2 Å². The van der Waals surface area contributed by atoms with E-state index in [1.807, 2.05) is 0 Å². The molecule has 26 heavy (non-hydrogen) atoms. The van der Waals surface area contributed by atoms with Gasteiger partial charge in [0.2, 0.25) is 0 Å². The summed E-state index contributed by atoms with van der Waals surface area (Å²) in [5, 5.41) is 0. The van der Waals surface area contributed by atoms with Crippen LogP contribution < -0.4 is 0 Å². The molecule has 0 spiro atoms. The van der Waals surface area contributed by atoms with E-state index in [2.05, 4.69) is 70.2 Å². The Bertz CT molecular complexity index is 821. The van der Waals surface area contributed by atoms with Crippen molar-refractivity contribution in [1.82, 2.24) is 0 Å². The van der Waals surface area contributed by atoms with Crippen molar-refractivity contribution in [1.29, 1.82) is 0 Å². The van der Waals surface area contributed by atoms with Gasteiger partial charge in [0.15, 0.2) is 0 Å². The van der Waals surface area contributed by atoms with Gasteiger partial charge in [-0.15, -0.1) is 0 Å². The van der Waals surface area contributed by atoms with E-state index in [1.165, 1.54) is 39.0 Å². The van der Waals surface area contributed by atoms with Crippen molar-refractivity contribution in [3.63, 3.8) is 0 Å². The zero-order valence-electron chi connectivity index (χ0n) is 16.1. The summed E-state index contributed by atoms with van der Waals surface area (Å²) >= 11 is -2.46. The molecule has 0 aliphatic heterocycles. The Morgan fingerprint density at radius 3 is 2.42 bits per heavy atom. The van der Waals surface area contributed by atoms with Gasteiger partial charge >= 0.3 is 174 Å². The van der Waals surface area contributed by atoms with E-state index < -0.39 is 19.4 Å². The van der Waals surface area contributed by atoms with Crippen molar-refractivity contribution in [3.8, 4) is 11.1 Å². The summed E-state index contributed by atoms with van der Waals surface area (Å²) in [7, 11) is 13.3. The van der Waals surface area contributed by atoms with Crippen LogP contribution in [0.2, 0.25) is 0 Å². The van der Waals surface area contributed by atoms with Gasteiger partial charge in [-0.25, -0.2) is 0 Å². The summed E-state index contributed by atoms with van der Waals surface area (Å²) in [5.74, 6) is 0.617. The molecule has 0 saturated heterocycles. The molecule has 0 N–H and O–H groups in total. The van der Waals surface area contributed by atoms with Crippen LogP contribution in [0.4, 0.5) is 0 Å². The SMILES string of the molecule is CCCc1ccc2c(c1-c1ccccc1C)C=C(CC(C)C)[CH]2[Zr]([Cl])[Cl]. The summed E-state index contributed by atoms with van der Waals surface area (Å²) in [6, 6.07) is 13.4. The van der Waals surface area contributed by atoms with Crippen LogP contribution in [0.1, 0.15) is 59.5 Å². The predicted molar refractivity (Wildman–Crippen MR) is 112 cm³/mol. The molecular formula is C23H27Cl2Zr. The van der Waals surface area contributed by atoms with Crippen molar-refractivity contribution < 1.29 is 19.4 Å². The van der Waals surface area contributed by atoms with Gasteiger partial charge in [-0.2, -0.15) is 0 Å².